The van der Waals surface area contributed by atoms with Crippen molar-refractivity contribution in [2.24, 2.45) is 0 Å². The zero-order chi connectivity index (χ0) is 24.7. The van der Waals surface area contributed by atoms with Crippen molar-refractivity contribution in [1.29, 1.82) is 0 Å². The molecule has 0 aliphatic carbocycles. The number of ether oxygens (including phenoxy) is 1. The van der Waals surface area contributed by atoms with Crippen LogP contribution in [-0.4, -0.2) is 54.0 Å². The van der Waals surface area contributed by atoms with Crippen LogP contribution >= 0.6 is 0 Å². The van der Waals surface area contributed by atoms with Gasteiger partial charge >= 0.3 is 0 Å². The molecule has 3 aliphatic rings. The largest absolute Gasteiger partial charge is 0.492 e. The Bertz CT molecular complexity index is 1340. The van der Waals surface area contributed by atoms with Crippen molar-refractivity contribution in [3.05, 3.63) is 76.9 Å². The van der Waals surface area contributed by atoms with Crippen LogP contribution in [0.1, 0.15) is 52.7 Å². The Morgan fingerprint density at radius 2 is 1.81 bits per heavy atom. The van der Waals surface area contributed by atoms with Gasteiger partial charge in [0.25, 0.3) is 5.91 Å². The maximum absolute atomic E-state index is 13.0. The normalized spacial score (nSPS) is 19.2. The molecule has 1 amide bonds. The Kier molecular flexibility index (Phi) is 5.84. The number of benzene rings is 3. The van der Waals surface area contributed by atoms with Crippen LogP contribution in [0.2, 0.25) is 0 Å². The molecule has 3 heterocycles. The van der Waals surface area contributed by atoms with Gasteiger partial charge in [0.1, 0.15) is 18.3 Å². The van der Waals surface area contributed by atoms with Crippen LogP contribution < -0.4 is 4.74 Å². The molecule has 0 radical (unpaired) electrons. The van der Waals surface area contributed by atoms with E-state index in [1.54, 1.807) is 4.90 Å². The minimum absolute atomic E-state index is 0.0255. The van der Waals surface area contributed by atoms with Gasteiger partial charge < -0.3 is 19.2 Å². The average molecular weight is 483 g/mol. The van der Waals surface area contributed by atoms with Gasteiger partial charge in [0.2, 0.25) is 0 Å². The molecule has 184 valence electrons. The van der Waals surface area contributed by atoms with Crippen molar-refractivity contribution >= 4 is 29.3 Å². The van der Waals surface area contributed by atoms with Gasteiger partial charge in [0.05, 0.1) is 19.2 Å². The first kappa shape index (κ1) is 22.9. The summed E-state index contributed by atoms with van der Waals surface area (Å²) < 4.78 is 6.29. The smallest absolute Gasteiger partial charge is 0.255 e. The number of aldehydes is 2. The summed E-state index contributed by atoms with van der Waals surface area (Å²) >= 11 is 0. The van der Waals surface area contributed by atoms with Crippen LogP contribution in [0.25, 0.3) is 10.8 Å². The molecule has 36 heavy (non-hydrogen) atoms. The van der Waals surface area contributed by atoms with Crippen molar-refractivity contribution in [2.75, 3.05) is 19.7 Å². The SMILES string of the molecule is O=CCCC(C=O)N1Cc2c(ccc3c2OCC32CCN(Cc3ccc4ccccc4c3)CC2)C1=O. The van der Waals surface area contributed by atoms with Gasteiger partial charge in [-0.2, -0.15) is 0 Å². The molecule has 1 unspecified atom stereocenters. The van der Waals surface area contributed by atoms with E-state index in [4.69, 9.17) is 4.74 Å². The second kappa shape index (κ2) is 9.17. The van der Waals surface area contributed by atoms with Crippen molar-refractivity contribution in [3.8, 4) is 5.75 Å². The van der Waals surface area contributed by atoms with Gasteiger partial charge in [-0.3, -0.25) is 9.69 Å². The summed E-state index contributed by atoms with van der Waals surface area (Å²) in [5, 5.41) is 2.55. The van der Waals surface area contributed by atoms with Crippen LogP contribution in [0.3, 0.4) is 0 Å². The lowest BCUT2D eigenvalue weighted by atomic mass is 9.74. The third-order valence-electron chi connectivity index (χ3n) is 8.32. The van der Waals surface area contributed by atoms with Gasteiger partial charge in [-0.15, -0.1) is 0 Å². The molecule has 6 rings (SSSR count). The van der Waals surface area contributed by atoms with E-state index in [0.29, 0.717) is 25.1 Å². The molecule has 6 nitrogen and oxygen atoms in total. The lowest BCUT2D eigenvalue weighted by Gasteiger charge is -2.38. The minimum Gasteiger partial charge on any atom is -0.492 e. The van der Waals surface area contributed by atoms with E-state index in [1.807, 2.05) is 6.07 Å². The highest BCUT2D eigenvalue weighted by Crippen LogP contribution is 2.49. The molecule has 1 fully saturated rings. The summed E-state index contributed by atoms with van der Waals surface area (Å²) in [4.78, 5) is 39.6. The van der Waals surface area contributed by atoms with E-state index >= 15 is 0 Å². The van der Waals surface area contributed by atoms with Crippen molar-refractivity contribution in [2.45, 2.75) is 50.2 Å². The maximum Gasteiger partial charge on any atom is 0.255 e. The number of carbonyl (C=O) groups is 3. The summed E-state index contributed by atoms with van der Waals surface area (Å²) in [6, 6.07) is 18.6. The Morgan fingerprint density at radius 3 is 2.58 bits per heavy atom. The highest BCUT2D eigenvalue weighted by atomic mass is 16.5. The molecular weight excluding hydrogens is 452 g/mol. The van der Waals surface area contributed by atoms with E-state index in [9.17, 15) is 14.4 Å². The van der Waals surface area contributed by atoms with Crippen molar-refractivity contribution < 1.29 is 19.1 Å². The Morgan fingerprint density at radius 1 is 1.00 bits per heavy atom. The van der Waals surface area contributed by atoms with Crippen LogP contribution in [0.5, 0.6) is 5.75 Å². The zero-order valence-electron chi connectivity index (χ0n) is 20.3. The molecule has 1 spiro atoms. The third-order valence-corrected chi connectivity index (χ3v) is 8.32. The third kappa shape index (κ3) is 3.80. The molecule has 0 bridgehead atoms. The van der Waals surface area contributed by atoms with Crippen LogP contribution in [-0.2, 0) is 28.1 Å². The number of piperidine rings is 1. The molecule has 0 saturated carbocycles. The lowest BCUT2D eigenvalue weighted by molar-refractivity contribution is -0.112. The second-order valence-electron chi connectivity index (χ2n) is 10.4. The number of carbonyl (C=O) groups excluding carboxylic acids is 3. The first-order chi connectivity index (χ1) is 17.6. The molecule has 1 saturated heterocycles. The highest BCUT2D eigenvalue weighted by molar-refractivity contribution is 6.00. The Balaban J connectivity index is 1.17. The number of nitrogens with zero attached hydrogens (tertiary/aromatic N) is 2. The number of fused-ring (bicyclic) bond motifs is 5. The first-order valence-corrected chi connectivity index (χ1v) is 12.8. The minimum atomic E-state index is -0.584. The topological polar surface area (TPSA) is 66.9 Å². The zero-order valence-corrected chi connectivity index (χ0v) is 20.3. The van der Waals surface area contributed by atoms with Gasteiger partial charge in [-0.25, -0.2) is 0 Å². The van der Waals surface area contributed by atoms with Crippen LogP contribution in [0, 0.1) is 0 Å². The summed E-state index contributed by atoms with van der Waals surface area (Å²) in [5.41, 5.74) is 4.03. The predicted molar refractivity (Wildman–Crippen MR) is 137 cm³/mol. The number of hydrogen-bond acceptors (Lipinski definition) is 5. The Hall–Kier alpha value is -3.51. The van der Waals surface area contributed by atoms with Gasteiger partial charge in [-0.1, -0.05) is 42.5 Å². The number of rotatable bonds is 7. The quantitative estimate of drug-likeness (QED) is 0.471. The molecule has 1 atom stereocenters. The lowest BCUT2D eigenvalue weighted by Crippen LogP contribution is -2.43. The van der Waals surface area contributed by atoms with Crippen LogP contribution in [0.15, 0.2) is 54.6 Å². The number of likely N-dealkylation sites (tertiary alicyclic amines) is 1. The summed E-state index contributed by atoms with van der Waals surface area (Å²) in [6.45, 7) is 3.94. The second-order valence-corrected chi connectivity index (χ2v) is 10.4. The molecule has 0 N–H and O–H groups in total. The molecule has 0 aromatic heterocycles. The summed E-state index contributed by atoms with van der Waals surface area (Å²) in [5.74, 6) is 0.692. The van der Waals surface area contributed by atoms with Gasteiger partial charge in [0.15, 0.2) is 0 Å². The predicted octanol–water partition coefficient (Wildman–Crippen LogP) is 4.27. The summed E-state index contributed by atoms with van der Waals surface area (Å²) in [7, 11) is 0. The van der Waals surface area contributed by atoms with E-state index in [2.05, 4.69) is 53.4 Å². The van der Waals surface area contributed by atoms with Crippen LogP contribution in [0.4, 0.5) is 0 Å². The highest BCUT2D eigenvalue weighted by Gasteiger charge is 2.46. The van der Waals surface area contributed by atoms with E-state index < -0.39 is 6.04 Å². The molecule has 3 aliphatic heterocycles. The molecule has 3 aromatic carbocycles. The molecular formula is C30H30N2O4. The maximum atomic E-state index is 13.0. The monoisotopic (exact) mass is 482 g/mol. The summed E-state index contributed by atoms with van der Waals surface area (Å²) in [6.07, 6.45) is 4.21. The standard InChI is InChI=1S/C30H30N2O4/c33-15-3-6-24(19-34)32-18-26-25(29(32)35)9-10-27-28(26)36-20-30(27)11-13-31(14-12-30)17-21-7-8-22-4-1-2-5-23(22)16-21/h1-2,4-5,7-10,15-16,19,24H,3,6,11-14,17-18,20H2. The number of amides is 1. The number of hydrogen-bond donors (Lipinski definition) is 0. The fourth-order valence-electron chi connectivity index (χ4n) is 6.20. The van der Waals surface area contributed by atoms with Gasteiger partial charge in [-0.05, 0) is 60.8 Å². The molecule has 6 heteroatoms. The van der Waals surface area contributed by atoms with E-state index in [0.717, 1.165) is 56.4 Å². The van der Waals surface area contributed by atoms with E-state index in [1.165, 1.54) is 21.9 Å². The Labute approximate surface area is 210 Å². The van der Waals surface area contributed by atoms with Crippen molar-refractivity contribution in [1.82, 2.24) is 9.80 Å². The van der Waals surface area contributed by atoms with E-state index in [-0.39, 0.29) is 17.7 Å². The molecule has 3 aromatic rings. The fourth-order valence-corrected chi connectivity index (χ4v) is 6.20. The van der Waals surface area contributed by atoms with Gasteiger partial charge in [0, 0.05) is 35.1 Å². The fraction of sp³-hybridized carbons (Fsp3) is 0.367. The first-order valence-electron chi connectivity index (χ1n) is 12.8. The average Bonchev–Trinajstić information content (AvgIpc) is 3.44. The van der Waals surface area contributed by atoms with Crippen molar-refractivity contribution in [3.63, 3.8) is 0 Å².